The number of hydrogen-bond donors (Lipinski definition) is 0. The molecule has 0 radical (unpaired) electrons. The highest BCUT2D eigenvalue weighted by Gasteiger charge is 2.48. The van der Waals surface area contributed by atoms with Crippen LogP contribution >= 0.6 is 0 Å². The largest absolute Gasteiger partial charge is 0.486 e. The Morgan fingerprint density at radius 2 is 1.74 bits per heavy atom. The van der Waals surface area contributed by atoms with Gasteiger partial charge in [-0.15, -0.1) is 0 Å². The van der Waals surface area contributed by atoms with Crippen molar-refractivity contribution in [3.63, 3.8) is 0 Å². The van der Waals surface area contributed by atoms with Crippen LogP contribution in [0.1, 0.15) is 53.4 Å². The number of ether oxygens (including phenoxy) is 4. The first-order chi connectivity index (χ1) is 13.1. The third-order valence-corrected chi connectivity index (χ3v) is 5.50. The summed E-state index contributed by atoms with van der Waals surface area (Å²) >= 11 is 0. The van der Waals surface area contributed by atoms with E-state index < -0.39 is 5.41 Å². The van der Waals surface area contributed by atoms with E-state index in [0.29, 0.717) is 38.4 Å². The molecule has 0 N–H and O–H groups in total. The predicted octanol–water partition coefficient (Wildman–Crippen LogP) is 4.95. The van der Waals surface area contributed by atoms with Crippen molar-refractivity contribution < 1.29 is 18.9 Å². The summed E-state index contributed by atoms with van der Waals surface area (Å²) in [5, 5.41) is 10.3. The Morgan fingerprint density at radius 3 is 2.30 bits per heavy atom. The van der Waals surface area contributed by atoms with Gasteiger partial charge >= 0.3 is 0 Å². The molecule has 0 bridgehead atoms. The summed E-state index contributed by atoms with van der Waals surface area (Å²) in [7, 11) is 0. The summed E-state index contributed by atoms with van der Waals surface area (Å²) in [4.78, 5) is 0. The van der Waals surface area contributed by atoms with E-state index >= 15 is 0 Å². The van der Waals surface area contributed by atoms with Crippen molar-refractivity contribution in [2.75, 3.05) is 19.8 Å². The van der Waals surface area contributed by atoms with Gasteiger partial charge in [0, 0.05) is 19.6 Å². The molecule has 1 aromatic rings. The molecule has 2 atom stereocenters. The normalized spacial score (nSPS) is 18.3. The van der Waals surface area contributed by atoms with Gasteiger partial charge in [-0.3, -0.25) is 0 Å². The van der Waals surface area contributed by atoms with Crippen LogP contribution in [0.15, 0.2) is 24.3 Å². The van der Waals surface area contributed by atoms with Crippen LogP contribution in [0.3, 0.4) is 0 Å². The number of nitriles is 1. The van der Waals surface area contributed by atoms with E-state index in [1.807, 2.05) is 38.1 Å². The Bertz CT molecular complexity index is 605. The monoisotopic (exact) mass is 375 g/mol. The van der Waals surface area contributed by atoms with Crippen LogP contribution in [0, 0.1) is 22.7 Å². The maximum absolute atomic E-state index is 10.3. The molecule has 0 spiro atoms. The maximum atomic E-state index is 10.3. The molecular formula is C22H33NO4. The predicted molar refractivity (Wildman–Crippen MR) is 105 cm³/mol. The molecule has 0 amide bonds. The standard InChI is InChI=1S/C22H33NO4/c1-5-17(6-2)22(16-23,14-13-21(24-7-3)25-8-4)20-15-26-18-11-9-10-12-19(18)27-20/h9-12,17,20-21H,5-8,13-15H2,1-4H3. The van der Waals surface area contributed by atoms with Gasteiger partial charge in [0.2, 0.25) is 0 Å². The van der Waals surface area contributed by atoms with Crippen molar-refractivity contribution in [1.82, 2.24) is 0 Å². The fourth-order valence-corrected chi connectivity index (χ4v) is 4.08. The third-order valence-electron chi connectivity index (χ3n) is 5.50. The minimum absolute atomic E-state index is 0.213. The fraction of sp³-hybridized carbons (Fsp3) is 0.682. The maximum Gasteiger partial charge on any atom is 0.161 e. The van der Waals surface area contributed by atoms with Crippen LogP contribution in [0.2, 0.25) is 0 Å². The smallest absolute Gasteiger partial charge is 0.161 e. The molecule has 0 saturated carbocycles. The van der Waals surface area contributed by atoms with Crippen molar-refractivity contribution in [1.29, 1.82) is 5.26 Å². The first-order valence-corrected chi connectivity index (χ1v) is 10.2. The van der Waals surface area contributed by atoms with E-state index in [-0.39, 0.29) is 18.3 Å². The van der Waals surface area contributed by atoms with Gasteiger partial charge in [0.1, 0.15) is 12.0 Å². The lowest BCUT2D eigenvalue weighted by molar-refractivity contribution is -0.147. The van der Waals surface area contributed by atoms with Crippen molar-refractivity contribution >= 4 is 0 Å². The summed E-state index contributed by atoms with van der Waals surface area (Å²) < 4.78 is 23.7. The lowest BCUT2D eigenvalue weighted by Crippen LogP contribution is -2.49. The van der Waals surface area contributed by atoms with Crippen molar-refractivity contribution in [3.05, 3.63) is 24.3 Å². The molecule has 27 heavy (non-hydrogen) atoms. The Hall–Kier alpha value is -1.77. The highest BCUT2D eigenvalue weighted by molar-refractivity contribution is 5.41. The lowest BCUT2D eigenvalue weighted by atomic mass is 9.67. The van der Waals surface area contributed by atoms with E-state index in [1.54, 1.807) is 0 Å². The Morgan fingerprint density at radius 1 is 1.11 bits per heavy atom. The van der Waals surface area contributed by atoms with Crippen LogP contribution in [0.5, 0.6) is 11.5 Å². The summed E-state index contributed by atoms with van der Waals surface area (Å²) in [6, 6.07) is 10.3. The van der Waals surface area contributed by atoms with Gasteiger partial charge in [0.25, 0.3) is 0 Å². The second-order valence-electron chi connectivity index (χ2n) is 6.91. The number of benzene rings is 1. The van der Waals surface area contributed by atoms with Crippen molar-refractivity contribution in [2.24, 2.45) is 11.3 Å². The highest BCUT2D eigenvalue weighted by atomic mass is 16.7. The Balaban J connectivity index is 2.26. The molecule has 1 aliphatic rings. The molecule has 1 aliphatic heterocycles. The number of rotatable bonds is 11. The number of para-hydroxylation sites is 2. The summed E-state index contributed by atoms with van der Waals surface area (Å²) in [6.45, 7) is 9.76. The van der Waals surface area contributed by atoms with Crippen LogP contribution in [-0.4, -0.2) is 32.2 Å². The Labute approximate surface area is 163 Å². The van der Waals surface area contributed by atoms with Crippen LogP contribution in [-0.2, 0) is 9.47 Å². The molecule has 2 unspecified atom stereocenters. The van der Waals surface area contributed by atoms with E-state index in [2.05, 4.69) is 19.9 Å². The van der Waals surface area contributed by atoms with E-state index in [9.17, 15) is 5.26 Å². The summed E-state index contributed by atoms with van der Waals surface area (Å²) in [5.41, 5.74) is -0.649. The van der Waals surface area contributed by atoms with E-state index in [4.69, 9.17) is 18.9 Å². The molecule has 5 heteroatoms. The highest BCUT2D eigenvalue weighted by Crippen LogP contribution is 2.45. The van der Waals surface area contributed by atoms with Gasteiger partial charge in [0.15, 0.2) is 23.9 Å². The fourth-order valence-electron chi connectivity index (χ4n) is 4.08. The van der Waals surface area contributed by atoms with Crippen LogP contribution in [0.4, 0.5) is 0 Å². The molecular weight excluding hydrogens is 342 g/mol. The second kappa shape index (κ2) is 10.5. The molecule has 0 aliphatic carbocycles. The van der Waals surface area contributed by atoms with Gasteiger partial charge in [-0.05, 0) is 38.3 Å². The average Bonchev–Trinajstić information content (AvgIpc) is 2.71. The van der Waals surface area contributed by atoms with Gasteiger partial charge < -0.3 is 18.9 Å². The number of hydrogen-bond acceptors (Lipinski definition) is 5. The zero-order chi connectivity index (χ0) is 19.7. The topological polar surface area (TPSA) is 60.7 Å². The first-order valence-electron chi connectivity index (χ1n) is 10.2. The molecule has 2 rings (SSSR count). The van der Waals surface area contributed by atoms with Gasteiger partial charge in [-0.1, -0.05) is 38.8 Å². The average molecular weight is 376 g/mol. The minimum Gasteiger partial charge on any atom is -0.486 e. The minimum atomic E-state index is -0.649. The van der Waals surface area contributed by atoms with Gasteiger partial charge in [0.05, 0.1) is 6.07 Å². The molecule has 0 aromatic heterocycles. The summed E-state index contributed by atoms with van der Waals surface area (Å²) in [5.74, 6) is 1.67. The second-order valence-corrected chi connectivity index (χ2v) is 6.91. The van der Waals surface area contributed by atoms with Gasteiger partial charge in [-0.2, -0.15) is 5.26 Å². The molecule has 0 fully saturated rings. The molecule has 5 nitrogen and oxygen atoms in total. The zero-order valence-corrected chi connectivity index (χ0v) is 17.1. The SMILES string of the molecule is CCOC(CCC(C#N)(C(CC)CC)C1COc2ccccc2O1)OCC. The van der Waals surface area contributed by atoms with Gasteiger partial charge in [-0.25, -0.2) is 0 Å². The van der Waals surface area contributed by atoms with E-state index in [1.165, 1.54) is 0 Å². The molecule has 1 aromatic carbocycles. The summed E-state index contributed by atoms with van der Waals surface area (Å²) in [6.07, 6.45) is 2.54. The molecule has 150 valence electrons. The Kier molecular flexibility index (Phi) is 8.40. The van der Waals surface area contributed by atoms with E-state index in [0.717, 1.165) is 18.6 Å². The van der Waals surface area contributed by atoms with Crippen LogP contribution in [0.25, 0.3) is 0 Å². The lowest BCUT2D eigenvalue weighted by Gasteiger charge is -2.42. The first kappa shape index (κ1) is 21.5. The van der Waals surface area contributed by atoms with Crippen molar-refractivity contribution in [2.45, 2.75) is 65.8 Å². The molecule has 1 heterocycles. The number of fused-ring (bicyclic) bond motifs is 1. The zero-order valence-electron chi connectivity index (χ0n) is 17.1. The quantitative estimate of drug-likeness (QED) is 0.512. The third kappa shape index (κ3) is 4.94. The van der Waals surface area contributed by atoms with Crippen molar-refractivity contribution in [3.8, 4) is 17.6 Å². The number of nitrogens with zero attached hydrogens (tertiary/aromatic N) is 1. The molecule has 0 saturated heterocycles. The van der Waals surface area contributed by atoms with Crippen LogP contribution < -0.4 is 9.47 Å².